The SMILES string of the molecule is CCCNS(=O)(=O)N(CCCC(=O)O)C(C)C. The standard InChI is InChI=1S/C10H22N2O4S/c1-4-7-11-17(15,16)12(9(2)3)8-5-6-10(13)14/h9,11H,4-8H2,1-3H3,(H,13,14). The van der Waals surface area contributed by atoms with E-state index in [1.54, 1.807) is 13.8 Å². The Morgan fingerprint density at radius 2 is 2.00 bits per heavy atom. The minimum atomic E-state index is -3.49. The van der Waals surface area contributed by atoms with Crippen molar-refractivity contribution in [1.82, 2.24) is 9.03 Å². The van der Waals surface area contributed by atoms with Crippen LogP contribution in [-0.2, 0) is 15.0 Å². The van der Waals surface area contributed by atoms with E-state index >= 15 is 0 Å². The van der Waals surface area contributed by atoms with Gasteiger partial charge in [0.25, 0.3) is 10.2 Å². The Morgan fingerprint density at radius 1 is 1.41 bits per heavy atom. The molecular weight excluding hydrogens is 244 g/mol. The maximum Gasteiger partial charge on any atom is 0.303 e. The van der Waals surface area contributed by atoms with Crippen molar-refractivity contribution < 1.29 is 18.3 Å². The molecule has 0 aromatic rings. The number of carboxylic acids is 1. The molecule has 0 atom stereocenters. The summed E-state index contributed by atoms with van der Waals surface area (Å²) in [4.78, 5) is 10.4. The minimum Gasteiger partial charge on any atom is -0.481 e. The van der Waals surface area contributed by atoms with Crippen LogP contribution in [0.4, 0.5) is 0 Å². The van der Waals surface area contributed by atoms with Gasteiger partial charge in [-0.15, -0.1) is 0 Å². The largest absolute Gasteiger partial charge is 0.481 e. The van der Waals surface area contributed by atoms with Gasteiger partial charge in [0.05, 0.1) is 0 Å². The predicted molar refractivity (Wildman–Crippen MR) is 65.9 cm³/mol. The first-order chi connectivity index (χ1) is 7.81. The minimum absolute atomic E-state index is 0.0213. The van der Waals surface area contributed by atoms with Gasteiger partial charge in [0.1, 0.15) is 0 Å². The number of aliphatic carboxylic acids is 1. The quantitative estimate of drug-likeness (QED) is 0.646. The third kappa shape index (κ3) is 6.60. The van der Waals surface area contributed by atoms with Crippen LogP contribution in [0, 0.1) is 0 Å². The summed E-state index contributed by atoms with van der Waals surface area (Å²) in [5.41, 5.74) is 0. The molecule has 0 heterocycles. The molecule has 17 heavy (non-hydrogen) atoms. The molecule has 0 saturated heterocycles. The summed E-state index contributed by atoms with van der Waals surface area (Å²) in [5.74, 6) is -0.910. The first-order valence-corrected chi connectivity index (χ1v) is 7.23. The van der Waals surface area contributed by atoms with E-state index in [-0.39, 0.29) is 19.0 Å². The van der Waals surface area contributed by atoms with Gasteiger partial charge in [-0.1, -0.05) is 6.92 Å². The summed E-state index contributed by atoms with van der Waals surface area (Å²) in [5, 5.41) is 8.53. The van der Waals surface area contributed by atoms with Crippen molar-refractivity contribution >= 4 is 16.2 Å². The first kappa shape index (κ1) is 16.3. The second-order valence-corrected chi connectivity index (χ2v) is 5.81. The van der Waals surface area contributed by atoms with Gasteiger partial charge in [-0.05, 0) is 26.7 Å². The first-order valence-electron chi connectivity index (χ1n) is 5.79. The highest BCUT2D eigenvalue weighted by atomic mass is 32.2. The van der Waals surface area contributed by atoms with Gasteiger partial charge < -0.3 is 5.11 Å². The third-order valence-electron chi connectivity index (χ3n) is 2.19. The van der Waals surface area contributed by atoms with E-state index in [2.05, 4.69) is 4.72 Å². The van der Waals surface area contributed by atoms with E-state index < -0.39 is 16.2 Å². The Kier molecular flexibility index (Phi) is 7.33. The zero-order valence-electron chi connectivity index (χ0n) is 10.6. The summed E-state index contributed by atoms with van der Waals surface area (Å²) >= 11 is 0. The third-order valence-corrected chi connectivity index (χ3v) is 3.98. The smallest absolute Gasteiger partial charge is 0.303 e. The van der Waals surface area contributed by atoms with Crippen LogP contribution in [0.1, 0.15) is 40.0 Å². The van der Waals surface area contributed by atoms with Gasteiger partial charge in [0.15, 0.2) is 0 Å². The van der Waals surface area contributed by atoms with Gasteiger partial charge in [-0.3, -0.25) is 4.79 Å². The second-order valence-electron chi connectivity index (χ2n) is 4.10. The second kappa shape index (κ2) is 7.62. The number of carbonyl (C=O) groups is 1. The molecule has 0 rings (SSSR count). The van der Waals surface area contributed by atoms with Crippen LogP contribution in [0.2, 0.25) is 0 Å². The number of nitrogens with one attached hydrogen (secondary N) is 1. The molecule has 0 aliphatic carbocycles. The molecule has 0 saturated carbocycles. The lowest BCUT2D eigenvalue weighted by molar-refractivity contribution is -0.137. The molecule has 2 N–H and O–H groups in total. The van der Waals surface area contributed by atoms with Gasteiger partial charge in [-0.25, -0.2) is 4.72 Å². The van der Waals surface area contributed by atoms with Crippen molar-refractivity contribution in [1.29, 1.82) is 0 Å². The van der Waals surface area contributed by atoms with E-state index in [0.717, 1.165) is 6.42 Å². The number of hydrogen-bond acceptors (Lipinski definition) is 3. The lowest BCUT2D eigenvalue weighted by Crippen LogP contribution is -2.45. The molecule has 0 aliphatic rings. The van der Waals surface area contributed by atoms with E-state index in [0.29, 0.717) is 13.0 Å². The molecule has 0 bridgehead atoms. The summed E-state index contributed by atoms with van der Waals surface area (Å²) in [6.07, 6.45) is 1.02. The summed E-state index contributed by atoms with van der Waals surface area (Å²) in [6, 6.07) is -0.182. The van der Waals surface area contributed by atoms with Gasteiger partial charge >= 0.3 is 5.97 Å². The fraction of sp³-hybridized carbons (Fsp3) is 0.900. The van der Waals surface area contributed by atoms with Crippen LogP contribution in [-0.4, -0.2) is 42.9 Å². The summed E-state index contributed by atoms with van der Waals surface area (Å²) in [6.45, 7) is 6.04. The van der Waals surface area contributed by atoms with Crippen LogP contribution in [0.15, 0.2) is 0 Å². The van der Waals surface area contributed by atoms with Gasteiger partial charge in [0.2, 0.25) is 0 Å². The van der Waals surface area contributed by atoms with E-state index in [4.69, 9.17) is 5.11 Å². The molecule has 0 fully saturated rings. The van der Waals surface area contributed by atoms with Crippen LogP contribution < -0.4 is 4.72 Å². The molecule has 0 spiro atoms. The lowest BCUT2D eigenvalue weighted by atomic mass is 10.3. The van der Waals surface area contributed by atoms with E-state index in [9.17, 15) is 13.2 Å². The van der Waals surface area contributed by atoms with Crippen molar-refractivity contribution in [2.24, 2.45) is 0 Å². The number of hydrogen-bond donors (Lipinski definition) is 2. The number of carboxylic acid groups (broad SMARTS) is 1. The van der Waals surface area contributed by atoms with Gasteiger partial charge in [0, 0.05) is 25.6 Å². The topological polar surface area (TPSA) is 86.7 Å². The molecule has 0 aromatic carbocycles. The number of rotatable bonds is 9. The van der Waals surface area contributed by atoms with Crippen LogP contribution in [0.3, 0.4) is 0 Å². The highest BCUT2D eigenvalue weighted by Crippen LogP contribution is 2.07. The average molecular weight is 266 g/mol. The molecule has 0 unspecified atom stereocenters. The lowest BCUT2D eigenvalue weighted by Gasteiger charge is -2.25. The van der Waals surface area contributed by atoms with Crippen molar-refractivity contribution in [3.05, 3.63) is 0 Å². The molecule has 7 heteroatoms. The van der Waals surface area contributed by atoms with Crippen LogP contribution >= 0.6 is 0 Å². The fourth-order valence-electron chi connectivity index (χ4n) is 1.36. The molecule has 0 aliphatic heterocycles. The zero-order valence-corrected chi connectivity index (χ0v) is 11.5. The van der Waals surface area contributed by atoms with Crippen molar-refractivity contribution in [3.8, 4) is 0 Å². The Balaban J connectivity index is 4.45. The highest BCUT2D eigenvalue weighted by Gasteiger charge is 2.23. The van der Waals surface area contributed by atoms with Crippen LogP contribution in [0.25, 0.3) is 0 Å². The maximum absolute atomic E-state index is 11.9. The Labute approximate surface area is 103 Å². The number of nitrogens with zero attached hydrogens (tertiary/aromatic N) is 1. The van der Waals surface area contributed by atoms with Crippen molar-refractivity contribution in [2.45, 2.75) is 46.1 Å². The highest BCUT2D eigenvalue weighted by molar-refractivity contribution is 7.87. The predicted octanol–water partition coefficient (Wildman–Crippen LogP) is 0.806. The summed E-state index contributed by atoms with van der Waals surface area (Å²) in [7, 11) is -3.49. The van der Waals surface area contributed by atoms with Gasteiger partial charge in [-0.2, -0.15) is 12.7 Å². The Morgan fingerprint density at radius 3 is 2.41 bits per heavy atom. The zero-order chi connectivity index (χ0) is 13.5. The fourth-order valence-corrected chi connectivity index (χ4v) is 2.91. The molecular formula is C10H22N2O4S. The molecule has 0 aromatic heterocycles. The maximum atomic E-state index is 11.9. The molecule has 0 radical (unpaired) electrons. The van der Waals surface area contributed by atoms with E-state index in [1.165, 1.54) is 4.31 Å². The molecule has 0 amide bonds. The molecule has 102 valence electrons. The normalized spacial score (nSPS) is 12.3. The van der Waals surface area contributed by atoms with E-state index in [1.807, 2.05) is 6.92 Å². The van der Waals surface area contributed by atoms with Crippen LogP contribution in [0.5, 0.6) is 0 Å². The average Bonchev–Trinajstić information content (AvgIpc) is 2.20. The Hall–Kier alpha value is -0.660. The summed E-state index contributed by atoms with van der Waals surface area (Å²) < 4.78 is 27.5. The Bertz CT molecular complexity index is 327. The van der Waals surface area contributed by atoms with Crippen molar-refractivity contribution in [3.63, 3.8) is 0 Å². The van der Waals surface area contributed by atoms with Crippen molar-refractivity contribution in [2.75, 3.05) is 13.1 Å². The molecule has 6 nitrogen and oxygen atoms in total. The monoisotopic (exact) mass is 266 g/mol.